The summed E-state index contributed by atoms with van der Waals surface area (Å²) >= 11 is 0. The highest BCUT2D eigenvalue weighted by Gasteiger charge is 2.23. The van der Waals surface area contributed by atoms with Crippen molar-refractivity contribution < 1.29 is 4.74 Å². The minimum absolute atomic E-state index is 0.277. The lowest BCUT2D eigenvalue weighted by atomic mass is 10.1. The van der Waals surface area contributed by atoms with Crippen molar-refractivity contribution in [3.05, 3.63) is 29.8 Å². The van der Waals surface area contributed by atoms with Gasteiger partial charge < -0.3 is 15.4 Å². The number of nitrogens with zero attached hydrogens (tertiary/aromatic N) is 1. The fourth-order valence-electron chi connectivity index (χ4n) is 2.22. The summed E-state index contributed by atoms with van der Waals surface area (Å²) in [5, 5.41) is 0. The molecule has 17 heavy (non-hydrogen) atoms. The van der Waals surface area contributed by atoms with Crippen molar-refractivity contribution in [2.24, 2.45) is 5.73 Å². The molecule has 2 unspecified atom stereocenters. The van der Waals surface area contributed by atoms with Gasteiger partial charge in [0.1, 0.15) is 11.9 Å². The van der Waals surface area contributed by atoms with E-state index in [4.69, 9.17) is 10.5 Å². The molecule has 0 saturated carbocycles. The van der Waals surface area contributed by atoms with Gasteiger partial charge in [0.25, 0.3) is 0 Å². The first-order valence-corrected chi connectivity index (χ1v) is 6.34. The smallest absolute Gasteiger partial charge is 0.123 e. The van der Waals surface area contributed by atoms with E-state index >= 15 is 0 Å². The normalized spacial score (nSPS) is 20.1. The van der Waals surface area contributed by atoms with Gasteiger partial charge in [0.15, 0.2) is 0 Å². The quantitative estimate of drug-likeness (QED) is 0.842. The van der Waals surface area contributed by atoms with Gasteiger partial charge in [-0.1, -0.05) is 18.2 Å². The molecule has 2 N–H and O–H groups in total. The van der Waals surface area contributed by atoms with Crippen LogP contribution in [0.4, 0.5) is 0 Å². The largest absolute Gasteiger partial charge is 0.488 e. The Labute approximate surface area is 104 Å². The van der Waals surface area contributed by atoms with E-state index in [2.05, 4.69) is 37.1 Å². The van der Waals surface area contributed by atoms with E-state index in [1.54, 1.807) is 0 Å². The van der Waals surface area contributed by atoms with Crippen molar-refractivity contribution in [3.63, 3.8) is 0 Å². The van der Waals surface area contributed by atoms with Gasteiger partial charge in [-0.2, -0.15) is 0 Å². The maximum atomic E-state index is 5.91. The van der Waals surface area contributed by atoms with Crippen LogP contribution in [-0.4, -0.2) is 37.2 Å². The van der Waals surface area contributed by atoms with Crippen LogP contribution in [-0.2, 0) is 6.42 Å². The lowest BCUT2D eigenvalue weighted by molar-refractivity contribution is 0.166. The van der Waals surface area contributed by atoms with Gasteiger partial charge in [0.05, 0.1) is 0 Å². The van der Waals surface area contributed by atoms with Gasteiger partial charge in [-0.15, -0.1) is 0 Å². The number of para-hydroxylation sites is 1. The molecule has 1 aromatic rings. The molecule has 94 valence electrons. The fourth-order valence-corrected chi connectivity index (χ4v) is 2.22. The van der Waals surface area contributed by atoms with E-state index < -0.39 is 0 Å². The molecule has 2 rings (SSSR count). The molecule has 0 radical (unpaired) electrons. The average molecular weight is 234 g/mol. The van der Waals surface area contributed by atoms with Crippen LogP contribution in [0, 0.1) is 0 Å². The fraction of sp³-hybridized carbons (Fsp3) is 0.571. The number of likely N-dealkylation sites (N-methyl/N-ethyl adjacent to an activating group) is 1. The zero-order valence-electron chi connectivity index (χ0n) is 10.7. The Bertz CT molecular complexity index is 340. The first-order valence-electron chi connectivity index (χ1n) is 6.34. The second kappa shape index (κ2) is 5.52. The van der Waals surface area contributed by atoms with Crippen LogP contribution in [0.2, 0.25) is 0 Å². The summed E-state index contributed by atoms with van der Waals surface area (Å²) in [4.78, 5) is 2.31. The Morgan fingerprint density at radius 2 is 2.24 bits per heavy atom. The second-order valence-electron chi connectivity index (χ2n) is 5.08. The van der Waals surface area contributed by atoms with Gasteiger partial charge in [0.2, 0.25) is 0 Å². The molecule has 1 aromatic carbocycles. The highest BCUT2D eigenvalue weighted by Crippen LogP contribution is 2.28. The first kappa shape index (κ1) is 12.4. The average Bonchev–Trinajstić information content (AvgIpc) is 2.68. The van der Waals surface area contributed by atoms with E-state index in [1.165, 1.54) is 5.56 Å². The molecular formula is C14H22N2O. The zero-order valence-corrected chi connectivity index (χ0v) is 10.7. The van der Waals surface area contributed by atoms with Crippen molar-refractivity contribution in [2.75, 3.05) is 20.1 Å². The third-order valence-electron chi connectivity index (χ3n) is 3.20. The topological polar surface area (TPSA) is 38.5 Å². The third-order valence-corrected chi connectivity index (χ3v) is 3.20. The Hall–Kier alpha value is -1.06. The van der Waals surface area contributed by atoms with Crippen LogP contribution in [0.5, 0.6) is 5.75 Å². The molecule has 1 heterocycles. The van der Waals surface area contributed by atoms with Gasteiger partial charge in [-0.25, -0.2) is 0 Å². The molecule has 0 bridgehead atoms. The number of hydrogen-bond acceptors (Lipinski definition) is 3. The van der Waals surface area contributed by atoms with Gasteiger partial charge >= 0.3 is 0 Å². The van der Waals surface area contributed by atoms with Crippen LogP contribution >= 0.6 is 0 Å². The lowest BCUT2D eigenvalue weighted by Crippen LogP contribution is -2.34. The first-order chi connectivity index (χ1) is 8.15. The SMILES string of the molecule is CC(N)CCN(C)CC1Cc2ccccc2O1. The molecule has 3 heteroatoms. The van der Waals surface area contributed by atoms with Crippen LogP contribution in [0.1, 0.15) is 18.9 Å². The molecule has 0 saturated heterocycles. The van der Waals surface area contributed by atoms with Crippen molar-refractivity contribution in [2.45, 2.75) is 31.9 Å². The van der Waals surface area contributed by atoms with Crippen LogP contribution < -0.4 is 10.5 Å². The van der Waals surface area contributed by atoms with Gasteiger partial charge in [-0.3, -0.25) is 0 Å². The number of ether oxygens (including phenoxy) is 1. The molecule has 0 aliphatic carbocycles. The van der Waals surface area contributed by atoms with E-state index in [1.807, 2.05) is 6.07 Å². The van der Waals surface area contributed by atoms with Crippen LogP contribution in [0.3, 0.4) is 0 Å². The molecule has 0 aromatic heterocycles. The van der Waals surface area contributed by atoms with Crippen molar-refractivity contribution in [1.29, 1.82) is 0 Å². The number of rotatable bonds is 5. The summed E-state index contributed by atoms with van der Waals surface area (Å²) < 4.78 is 5.91. The number of nitrogens with two attached hydrogens (primary N) is 1. The summed E-state index contributed by atoms with van der Waals surface area (Å²) in [5.74, 6) is 1.05. The molecule has 0 amide bonds. The zero-order chi connectivity index (χ0) is 12.3. The Kier molecular flexibility index (Phi) is 4.02. The Balaban J connectivity index is 1.79. The van der Waals surface area contributed by atoms with Gasteiger partial charge in [0, 0.05) is 19.0 Å². The van der Waals surface area contributed by atoms with Crippen molar-refractivity contribution in [3.8, 4) is 5.75 Å². The molecule has 0 spiro atoms. The van der Waals surface area contributed by atoms with E-state index in [0.717, 1.165) is 31.7 Å². The monoisotopic (exact) mass is 234 g/mol. The molecule has 0 fully saturated rings. The maximum absolute atomic E-state index is 5.91. The highest BCUT2D eigenvalue weighted by molar-refractivity contribution is 5.37. The summed E-state index contributed by atoms with van der Waals surface area (Å²) in [7, 11) is 2.13. The number of hydrogen-bond donors (Lipinski definition) is 1. The minimum Gasteiger partial charge on any atom is -0.488 e. The lowest BCUT2D eigenvalue weighted by Gasteiger charge is -2.21. The minimum atomic E-state index is 0.277. The molecule has 1 aliphatic rings. The van der Waals surface area contributed by atoms with E-state index in [9.17, 15) is 0 Å². The molecular weight excluding hydrogens is 212 g/mol. The van der Waals surface area contributed by atoms with Gasteiger partial charge in [-0.05, 0) is 38.6 Å². The standard InChI is InChI=1S/C14H22N2O/c1-11(15)7-8-16(2)10-13-9-12-5-3-4-6-14(12)17-13/h3-6,11,13H,7-10,15H2,1-2H3. The van der Waals surface area contributed by atoms with E-state index in [0.29, 0.717) is 6.10 Å². The Morgan fingerprint density at radius 1 is 1.47 bits per heavy atom. The maximum Gasteiger partial charge on any atom is 0.123 e. The molecule has 1 aliphatic heterocycles. The molecule has 3 nitrogen and oxygen atoms in total. The highest BCUT2D eigenvalue weighted by atomic mass is 16.5. The Morgan fingerprint density at radius 3 is 2.94 bits per heavy atom. The third kappa shape index (κ3) is 3.45. The summed E-state index contributed by atoms with van der Waals surface area (Å²) in [5.41, 5.74) is 7.09. The van der Waals surface area contributed by atoms with E-state index in [-0.39, 0.29) is 6.04 Å². The predicted molar refractivity (Wildman–Crippen MR) is 70.3 cm³/mol. The molecule has 2 atom stereocenters. The van der Waals surface area contributed by atoms with Crippen LogP contribution in [0.25, 0.3) is 0 Å². The predicted octanol–water partition coefficient (Wildman–Crippen LogP) is 1.66. The summed E-state index contributed by atoms with van der Waals surface area (Å²) in [6.07, 6.45) is 2.36. The summed E-state index contributed by atoms with van der Waals surface area (Å²) in [6, 6.07) is 8.58. The van der Waals surface area contributed by atoms with Crippen molar-refractivity contribution in [1.82, 2.24) is 4.90 Å². The van der Waals surface area contributed by atoms with Crippen LogP contribution in [0.15, 0.2) is 24.3 Å². The number of benzene rings is 1. The second-order valence-corrected chi connectivity index (χ2v) is 5.08. The number of fused-ring (bicyclic) bond motifs is 1. The van der Waals surface area contributed by atoms with Crippen molar-refractivity contribution >= 4 is 0 Å². The summed E-state index contributed by atoms with van der Waals surface area (Å²) in [6.45, 7) is 4.06.